The summed E-state index contributed by atoms with van der Waals surface area (Å²) in [5.41, 5.74) is 0. The Labute approximate surface area is 104 Å². The number of rotatable bonds is 4. The van der Waals surface area contributed by atoms with Crippen LogP contribution in [-0.2, 0) is 11.3 Å². The molecule has 0 unspecified atom stereocenters. The Morgan fingerprint density at radius 2 is 2.38 bits per heavy atom. The Morgan fingerprint density at radius 3 is 2.94 bits per heavy atom. The van der Waals surface area contributed by atoms with Crippen LogP contribution in [0.3, 0.4) is 0 Å². The Hall–Kier alpha value is -0.740. The fourth-order valence-corrected chi connectivity index (χ4v) is 3.34. The van der Waals surface area contributed by atoms with Gasteiger partial charge in [-0.05, 0) is 17.9 Å². The number of hydrogen-bond acceptors (Lipinski definition) is 3. The standard InChI is InChI=1S/C12H15NOS2/c1-10(14)13(8-11-4-2-6-15-11)9-12-5-3-7-16-12/h2,4-6H,3,7-9H2,1H3. The number of nitrogens with zero attached hydrogens (tertiary/aromatic N) is 1. The van der Waals surface area contributed by atoms with Gasteiger partial charge in [0.15, 0.2) is 0 Å². The predicted molar refractivity (Wildman–Crippen MR) is 70.6 cm³/mol. The minimum absolute atomic E-state index is 0.154. The van der Waals surface area contributed by atoms with Crippen molar-refractivity contribution in [1.82, 2.24) is 4.90 Å². The molecular formula is C12H15NOS2. The van der Waals surface area contributed by atoms with Gasteiger partial charge in [-0.3, -0.25) is 4.79 Å². The third kappa shape index (κ3) is 3.12. The molecule has 1 aromatic rings. The van der Waals surface area contributed by atoms with Crippen LogP contribution >= 0.6 is 23.1 Å². The van der Waals surface area contributed by atoms with Crippen molar-refractivity contribution in [3.63, 3.8) is 0 Å². The van der Waals surface area contributed by atoms with E-state index in [4.69, 9.17) is 0 Å². The lowest BCUT2D eigenvalue weighted by Gasteiger charge is -2.20. The van der Waals surface area contributed by atoms with Gasteiger partial charge in [0.1, 0.15) is 0 Å². The van der Waals surface area contributed by atoms with Crippen molar-refractivity contribution < 1.29 is 4.79 Å². The van der Waals surface area contributed by atoms with E-state index < -0.39 is 0 Å². The zero-order chi connectivity index (χ0) is 11.4. The molecule has 0 bridgehead atoms. The van der Waals surface area contributed by atoms with Gasteiger partial charge in [0.05, 0.1) is 13.1 Å². The van der Waals surface area contributed by atoms with Gasteiger partial charge < -0.3 is 4.90 Å². The van der Waals surface area contributed by atoms with E-state index in [-0.39, 0.29) is 5.91 Å². The number of amides is 1. The van der Waals surface area contributed by atoms with Crippen molar-refractivity contribution in [1.29, 1.82) is 0 Å². The minimum atomic E-state index is 0.154. The second kappa shape index (κ2) is 5.55. The lowest BCUT2D eigenvalue weighted by Crippen LogP contribution is -2.29. The van der Waals surface area contributed by atoms with Crippen LogP contribution in [0.25, 0.3) is 0 Å². The van der Waals surface area contributed by atoms with Crippen molar-refractivity contribution >= 4 is 29.0 Å². The molecule has 86 valence electrons. The van der Waals surface area contributed by atoms with Crippen LogP contribution in [0.15, 0.2) is 28.5 Å². The molecular weight excluding hydrogens is 238 g/mol. The Balaban J connectivity index is 1.97. The molecule has 4 heteroatoms. The number of hydrogen-bond donors (Lipinski definition) is 0. The molecule has 1 amide bonds. The van der Waals surface area contributed by atoms with E-state index >= 15 is 0 Å². The molecule has 2 nitrogen and oxygen atoms in total. The Bertz CT molecular complexity index is 384. The summed E-state index contributed by atoms with van der Waals surface area (Å²) >= 11 is 3.58. The summed E-state index contributed by atoms with van der Waals surface area (Å²) in [4.78, 5) is 16.1. The maximum absolute atomic E-state index is 11.6. The van der Waals surface area contributed by atoms with E-state index in [1.54, 1.807) is 18.3 Å². The maximum Gasteiger partial charge on any atom is 0.220 e. The fraction of sp³-hybridized carbons (Fsp3) is 0.417. The zero-order valence-corrected chi connectivity index (χ0v) is 10.9. The van der Waals surface area contributed by atoms with Crippen LogP contribution in [0, 0.1) is 0 Å². The monoisotopic (exact) mass is 253 g/mol. The number of carbonyl (C=O) groups excluding carboxylic acids is 1. The SMILES string of the molecule is CC(=O)N(CC1=CCCS1)Cc1cccs1. The number of thioether (sulfide) groups is 1. The zero-order valence-electron chi connectivity index (χ0n) is 9.31. The quantitative estimate of drug-likeness (QED) is 0.821. The second-order valence-electron chi connectivity index (χ2n) is 3.76. The lowest BCUT2D eigenvalue weighted by molar-refractivity contribution is -0.128. The molecule has 0 aliphatic carbocycles. The number of carbonyl (C=O) groups is 1. The summed E-state index contributed by atoms with van der Waals surface area (Å²) in [6, 6.07) is 4.11. The van der Waals surface area contributed by atoms with E-state index in [2.05, 4.69) is 17.5 Å². The molecule has 16 heavy (non-hydrogen) atoms. The highest BCUT2D eigenvalue weighted by Crippen LogP contribution is 2.26. The molecule has 1 aromatic heterocycles. The molecule has 2 rings (SSSR count). The third-order valence-electron chi connectivity index (χ3n) is 2.50. The smallest absolute Gasteiger partial charge is 0.220 e. The Kier molecular flexibility index (Phi) is 4.07. The average molecular weight is 253 g/mol. The molecule has 0 saturated heterocycles. The van der Waals surface area contributed by atoms with Crippen LogP contribution in [0.1, 0.15) is 18.2 Å². The van der Waals surface area contributed by atoms with Gasteiger partial charge >= 0.3 is 0 Å². The first kappa shape index (κ1) is 11.7. The molecule has 0 radical (unpaired) electrons. The molecule has 1 aliphatic rings. The molecule has 0 spiro atoms. The maximum atomic E-state index is 11.6. The number of thiophene rings is 1. The van der Waals surface area contributed by atoms with E-state index in [1.807, 2.05) is 22.7 Å². The van der Waals surface area contributed by atoms with Gasteiger partial charge in [-0.2, -0.15) is 0 Å². The van der Waals surface area contributed by atoms with Crippen LogP contribution in [0.4, 0.5) is 0 Å². The molecule has 1 aliphatic heterocycles. The van der Waals surface area contributed by atoms with Crippen LogP contribution < -0.4 is 0 Å². The molecule has 0 aromatic carbocycles. The van der Waals surface area contributed by atoms with E-state index in [1.165, 1.54) is 15.5 Å². The normalized spacial score (nSPS) is 14.9. The first-order valence-corrected chi connectivity index (χ1v) is 7.22. The lowest BCUT2D eigenvalue weighted by atomic mass is 10.3. The van der Waals surface area contributed by atoms with Gasteiger partial charge in [0.25, 0.3) is 0 Å². The summed E-state index contributed by atoms with van der Waals surface area (Å²) in [5.74, 6) is 1.32. The van der Waals surface area contributed by atoms with Crippen LogP contribution in [0.2, 0.25) is 0 Å². The van der Waals surface area contributed by atoms with Crippen molar-refractivity contribution in [3.8, 4) is 0 Å². The summed E-state index contributed by atoms with van der Waals surface area (Å²) in [6.07, 6.45) is 3.39. The third-order valence-corrected chi connectivity index (χ3v) is 4.46. The van der Waals surface area contributed by atoms with Gasteiger partial charge in [-0.1, -0.05) is 12.1 Å². The van der Waals surface area contributed by atoms with Gasteiger partial charge in [-0.15, -0.1) is 23.1 Å². The highest BCUT2D eigenvalue weighted by Gasteiger charge is 2.14. The highest BCUT2D eigenvalue weighted by atomic mass is 32.2. The van der Waals surface area contributed by atoms with Gasteiger partial charge in [-0.25, -0.2) is 0 Å². The van der Waals surface area contributed by atoms with Crippen LogP contribution in [-0.4, -0.2) is 23.1 Å². The van der Waals surface area contributed by atoms with Crippen molar-refractivity contribution in [2.24, 2.45) is 0 Å². The molecule has 0 saturated carbocycles. The first-order chi connectivity index (χ1) is 7.75. The largest absolute Gasteiger partial charge is 0.333 e. The van der Waals surface area contributed by atoms with E-state index in [0.717, 1.165) is 19.5 Å². The summed E-state index contributed by atoms with van der Waals surface area (Å²) in [5, 5.41) is 2.05. The van der Waals surface area contributed by atoms with E-state index in [0.29, 0.717) is 0 Å². The van der Waals surface area contributed by atoms with Gasteiger partial charge in [0.2, 0.25) is 5.91 Å². The first-order valence-electron chi connectivity index (χ1n) is 5.35. The van der Waals surface area contributed by atoms with E-state index in [9.17, 15) is 4.79 Å². The summed E-state index contributed by atoms with van der Waals surface area (Å²) < 4.78 is 0. The van der Waals surface area contributed by atoms with Crippen molar-refractivity contribution in [2.75, 3.05) is 12.3 Å². The molecule has 0 fully saturated rings. The van der Waals surface area contributed by atoms with Gasteiger partial charge in [0, 0.05) is 22.5 Å². The topological polar surface area (TPSA) is 20.3 Å². The molecule has 0 N–H and O–H groups in total. The van der Waals surface area contributed by atoms with Crippen LogP contribution in [0.5, 0.6) is 0 Å². The van der Waals surface area contributed by atoms with Crippen molar-refractivity contribution in [2.45, 2.75) is 19.9 Å². The molecule has 2 heterocycles. The second-order valence-corrected chi connectivity index (χ2v) is 6.02. The average Bonchev–Trinajstić information content (AvgIpc) is 2.88. The van der Waals surface area contributed by atoms with Crippen molar-refractivity contribution in [3.05, 3.63) is 33.4 Å². The predicted octanol–water partition coefficient (Wildman–Crippen LogP) is 3.12. The minimum Gasteiger partial charge on any atom is -0.333 e. The highest BCUT2D eigenvalue weighted by molar-refractivity contribution is 8.03. The number of allylic oxidation sites excluding steroid dienone is 1. The fourth-order valence-electron chi connectivity index (χ4n) is 1.64. The summed E-state index contributed by atoms with van der Waals surface area (Å²) in [7, 11) is 0. The molecule has 0 atom stereocenters. The summed E-state index contributed by atoms with van der Waals surface area (Å²) in [6.45, 7) is 3.16. The Morgan fingerprint density at radius 1 is 1.50 bits per heavy atom.